The summed E-state index contributed by atoms with van der Waals surface area (Å²) < 4.78 is 5.36. The third kappa shape index (κ3) is 4.32. The Labute approximate surface area is 129 Å². The Bertz CT molecular complexity index is 589. The quantitative estimate of drug-likeness (QED) is 0.681. The first-order valence-electron chi connectivity index (χ1n) is 6.97. The largest absolute Gasteiger partial charge is 0.467 e. The van der Waals surface area contributed by atoms with Crippen LogP contribution < -0.4 is 5.32 Å². The van der Waals surface area contributed by atoms with Gasteiger partial charge in [0, 0.05) is 31.9 Å². The summed E-state index contributed by atoms with van der Waals surface area (Å²) in [5.41, 5.74) is 1.14. The summed E-state index contributed by atoms with van der Waals surface area (Å²) in [7, 11) is 3.79. The van der Waals surface area contributed by atoms with E-state index in [0.29, 0.717) is 6.54 Å². The number of aliphatic imine (C=N–C) groups is 1. The topological polar surface area (TPSA) is 53.7 Å². The smallest absolute Gasteiger partial charge is 0.193 e. The molecule has 5 nitrogen and oxygen atoms in total. The fraction of sp³-hybridized carbons (Fsp3) is 0.467. The molecule has 0 atom stereocenters. The Morgan fingerprint density at radius 2 is 2.29 bits per heavy atom. The lowest BCUT2D eigenvalue weighted by Gasteiger charge is -2.20. The molecule has 2 rings (SSSR count). The lowest BCUT2D eigenvalue weighted by molar-refractivity contribution is 0.400. The Morgan fingerprint density at radius 3 is 2.86 bits per heavy atom. The van der Waals surface area contributed by atoms with Crippen molar-refractivity contribution in [3.05, 3.63) is 39.7 Å². The fourth-order valence-corrected chi connectivity index (χ4v) is 3.13. The predicted molar refractivity (Wildman–Crippen MR) is 86.8 cm³/mol. The Hall–Kier alpha value is -1.82. The zero-order valence-corrected chi connectivity index (χ0v) is 13.8. The first-order valence-corrected chi connectivity index (χ1v) is 7.79. The number of aryl methyl sites for hydroxylation is 2. The minimum absolute atomic E-state index is 0.700. The number of hydrogen-bond acceptors (Lipinski definition) is 4. The summed E-state index contributed by atoms with van der Waals surface area (Å²) >= 11 is 1.77. The molecule has 0 saturated heterocycles. The first kappa shape index (κ1) is 15.6. The van der Waals surface area contributed by atoms with E-state index in [9.17, 15) is 0 Å². The second-order valence-electron chi connectivity index (χ2n) is 4.90. The fourth-order valence-electron chi connectivity index (χ4n) is 2.19. The van der Waals surface area contributed by atoms with E-state index in [4.69, 9.17) is 4.42 Å². The van der Waals surface area contributed by atoms with Crippen molar-refractivity contribution >= 4 is 17.3 Å². The highest BCUT2D eigenvalue weighted by molar-refractivity contribution is 7.11. The minimum Gasteiger partial charge on any atom is -0.467 e. The summed E-state index contributed by atoms with van der Waals surface area (Å²) in [6.07, 6.45) is 2.65. The maximum absolute atomic E-state index is 5.36. The van der Waals surface area contributed by atoms with Crippen molar-refractivity contribution < 1.29 is 4.42 Å². The molecular weight excluding hydrogens is 284 g/mol. The Morgan fingerprint density at radius 1 is 1.48 bits per heavy atom. The van der Waals surface area contributed by atoms with Crippen LogP contribution in [0.15, 0.2) is 27.8 Å². The van der Waals surface area contributed by atoms with E-state index in [1.54, 1.807) is 24.6 Å². The molecule has 6 heteroatoms. The van der Waals surface area contributed by atoms with Crippen molar-refractivity contribution in [2.24, 2.45) is 4.99 Å². The molecule has 0 spiro atoms. The van der Waals surface area contributed by atoms with Gasteiger partial charge in [-0.3, -0.25) is 4.99 Å². The molecule has 0 radical (unpaired) electrons. The SMILES string of the molecule is CN=C(NCCc1sc(C)nc1C)N(C)Cc1ccco1. The number of hydrogen-bond donors (Lipinski definition) is 1. The molecule has 0 bridgehead atoms. The second-order valence-corrected chi connectivity index (χ2v) is 6.19. The molecule has 0 aliphatic heterocycles. The third-order valence-electron chi connectivity index (χ3n) is 3.18. The monoisotopic (exact) mass is 306 g/mol. The van der Waals surface area contributed by atoms with E-state index in [0.717, 1.165) is 35.4 Å². The highest BCUT2D eigenvalue weighted by Gasteiger charge is 2.09. The summed E-state index contributed by atoms with van der Waals surface area (Å²) in [5, 5.41) is 4.51. The average molecular weight is 306 g/mol. The van der Waals surface area contributed by atoms with Crippen molar-refractivity contribution in [1.29, 1.82) is 0 Å². The van der Waals surface area contributed by atoms with Crippen LogP contribution in [0.4, 0.5) is 0 Å². The molecule has 2 aromatic heterocycles. The van der Waals surface area contributed by atoms with Gasteiger partial charge in [-0.15, -0.1) is 11.3 Å². The number of nitrogens with one attached hydrogen (secondary N) is 1. The van der Waals surface area contributed by atoms with E-state index in [1.165, 1.54) is 4.88 Å². The van der Waals surface area contributed by atoms with Crippen LogP contribution in [0.2, 0.25) is 0 Å². The highest BCUT2D eigenvalue weighted by atomic mass is 32.1. The van der Waals surface area contributed by atoms with E-state index < -0.39 is 0 Å². The van der Waals surface area contributed by atoms with Gasteiger partial charge in [-0.05, 0) is 26.0 Å². The van der Waals surface area contributed by atoms with Crippen molar-refractivity contribution in [1.82, 2.24) is 15.2 Å². The van der Waals surface area contributed by atoms with Crippen LogP contribution in [0, 0.1) is 13.8 Å². The molecule has 21 heavy (non-hydrogen) atoms. The zero-order chi connectivity index (χ0) is 15.2. The van der Waals surface area contributed by atoms with Gasteiger partial charge < -0.3 is 14.6 Å². The molecule has 0 saturated carbocycles. The van der Waals surface area contributed by atoms with E-state index >= 15 is 0 Å². The van der Waals surface area contributed by atoms with E-state index in [2.05, 4.69) is 22.2 Å². The summed E-state index contributed by atoms with van der Waals surface area (Å²) in [6.45, 7) is 5.66. The number of nitrogens with zero attached hydrogens (tertiary/aromatic N) is 3. The maximum atomic E-state index is 5.36. The number of furan rings is 1. The van der Waals surface area contributed by atoms with Gasteiger partial charge in [-0.1, -0.05) is 0 Å². The van der Waals surface area contributed by atoms with Gasteiger partial charge in [0.05, 0.1) is 23.5 Å². The van der Waals surface area contributed by atoms with Gasteiger partial charge >= 0.3 is 0 Å². The van der Waals surface area contributed by atoms with Crippen molar-refractivity contribution in [3.8, 4) is 0 Å². The molecule has 0 aromatic carbocycles. The number of rotatable bonds is 5. The molecule has 2 heterocycles. The lowest BCUT2D eigenvalue weighted by Crippen LogP contribution is -2.39. The van der Waals surface area contributed by atoms with Crippen molar-refractivity contribution in [2.75, 3.05) is 20.6 Å². The maximum Gasteiger partial charge on any atom is 0.193 e. The number of thiazole rings is 1. The van der Waals surface area contributed by atoms with Crippen LogP contribution in [0.3, 0.4) is 0 Å². The van der Waals surface area contributed by atoms with Crippen LogP contribution in [0.1, 0.15) is 21.3 Å². The standard InChI is InChI=1S/C15H22N4OS/c1-11-14(21-12(2)18-11)7-8-17-15(16-3)19(4)10-13-6-5-9-20-13/h5-6,9H,7-8,10H2,1-4H3,(H,16,17). The highest BCUT2D eigenvalue weighted by Crippen LogP contribution is 2.17. The molecule has 2 aromatic rings. The van der Waals surface area contributed by atoms with Crippen LogP contribution in [0.5, 0.6) is 0 Å². The van der Waals surface area contributed by atoms with Crippen LogP contribution >= 0.6 is 11.3 Å². The molecule has 1 N–H and O–H groups in total. The average Bonchev–Trinajstić information content (AvgIpc) is 3.05. The van der Waals surface area contributed by atoms with E-state index in [1.807, 2.05) is 31.0 Å². The van der Waals surface area contributed by atoms with Gasteiger partial charge in [0.2, 0.25) is 0 Å². The third-order valence-corrected chi connectivity index (χ3v) is 4.31. The van der Waals surface area contributed by atoms with Crippen LogP contribution in [-0.4, -0.2) is 36.5 Å². The molecular formula is C15H22N4OS. The Kier molecular flexibility index (Phi) is 5.38. The number of guanidine groups is 1. The molecule has 0 aliphatic carbocycles. The van der Waals surface area contributed by atoms with Crippen LogP contribution in [-0.2, 0) is 13.0 Å². The van der Waals surface area contributed by atoms with Crippen LogP contribution in [0.25, 0.3) is 0 Å². The van der Waals surface area contributed by atoms with Gasteiger partial charge in [0.1, 0.15) is 5.76 Å². The second kappa shape index (κ2) is 7.26. The van der Waals surface area contributed by atoms with E-state index in [-0.39, 0.29) is 0 Å². The minimum atomic E-state index is 0.700. The van der Waals surface area contributed by atoms with Gasteiger partial charge in [0.15, 0.2) is 5.96 Å². The summed E-state index contributed by atoms with van der Waals surface area (Å²) in [5.74, 6) is 1.79. The summed E-state index contributed by atoms with van der Waals surface area (Å²) in [6, 6.07) is 3.86. The molecule has 0 amide bonds. The molecule has 0 unspecified atom stereocenters. The van der Waals surface area contributed by atoms with Gasteiger partial charge in [0.25, 0.3) is 0 Å². The lowest BCUT2D eigenvalue weighted by atomic mass is 10.3. The van der Waals surface area contributed by atoms with Crippen molar-refractivity contribution in [3.63, 3.8) is 0 Å². The number of aromatic nitrogens is 1. The molecule has 114 valence electrons. The zero-order valence-electron chi connectivity index (χ0n) is 13.0. The Balaban J connectivity index is 1.84. The molecule has 0 aliphatic rings. The van der Waals surface area contributed by atoms with Gasteiger partial charge in [-0.2, -0.15) is 0 Å². The van der Waals surface area contributed by atoms with Crippen molar-refractivity contribution in [2.45, 2.75) is 26.8 Å². The predicted octanol–water partition coefficient (Wildman–Crippen LogP) is 2.60. The first-order chi connectivity index (χ1) is 10.1. The normalized spacial score (nSPS) is 11.7. The molecule has 0 fully saturated rings. The van der Waals surface area contributed by atoms with Gasteiger partial charge in [-0.25, -0.2) is 4.98 Å². The summed E-state index contributed by atoms with van der Waals surface area (Å²) in [4.78, 5) is 12.1.